The topological polar surface area (TPSA) is 79.1 Å². The minimum Gasteiger partial charge on any atom is -0.506 e. The third-order valence-corrected chi connectivity index (χ3v) is 5.29. The minimum atomic E-state index is -0.660. The van der Waals surface area contributed by atoms with Crippen LogP contribution >= 0.6 is 35.0 Å². The number of esters is 1. The van der Waals surface area contributed by atoms with Gasteiger partial charge in [0, 0.05) is 0 Å². The number of carbonyl (C=O) groups is 1. The van der Waals surface area contributed by atoms with Gasteiger partial charge in [-0.25, -0.2) is 9.79 Å². The second-order valence-electron chi connectivity index (χ2n) is 5.64. The molecule has 0 saturated carbocycles. The summed E-state index contributed by atoms with van der Waals surface area (Å²) in [6, 6.07) is 12.1. The molecule has 0 radical (unpaired) electrons. The number of carbonyl (C=O) groups excluding carboxylic acids is 1. The van der Waals surface area contributed by atoms with Crippen molar-refractivity contribution in [2.75, 3.05) is 6.61 Å². The lowest BCUT2D eigenvalue weighted by Gasteiger charge is -2.03. The first-order chi connectivity index (χ1) is 13.4. The van der Waals surface area contributed by atoms with Crippen LogP contribution in [0.4, 0.5) is 5.69 Å². The minimum absolute atomic E-state index is 0.00192. The molecule has 0 amide bonds. The van der Waals surface area contributed by atoms with Gasteiger partial charge in [-0.3, -0.25) is 0 Å². The third-order valence-electron chi connectivity index (χ3n) is 3.69. The van der Waals surface area contributed by atoms with Crippen LogP contribution in [0.25, 0.3) is 6.08 Å². The first kappa shape index (κ1) is 20.3. The molecule has 2 N–H and O–H groups in total. The van der Waals surface area contributed by atoms with Crippen molar-refractivity contribution in [3.8, 4) is 5.75 Å². The normalized spacial score (nSPS) is 16.8. The molecule has 28 heavy (non-hydrogen) atoms. The van der Waals surface area contributed by atoms with Gasteiger partial charge in [0.05, 0.1) is 27.2 Å². The van der Waals surface area contributed by atoms with E-state index in [-0.39, 0.29) is 33.7 Å². The summed E-state index contributed by atoms with van der Waals surface area (Å²) in [7, 11) is 0. The van der Waals surface area contributed by atoms with Crippen LogP contribution in [0.3, 0.4) is 0 Å². The number of rotatable bonds is 4. The fraction of sp³-hybridized carbons (Fsp3) is 0.100. The van der Waals surface area contributed by atoms with Gasteiger partial charge in [0.15, 0.2) is 5.75 Å². The molecule has 2 aromatic rings. The summed E-state index contributed by atoms with van der Waals surface area (Å²) in [6.07, 6.45) is 1.60. The van der Waals surface area contributed by atoms with Crippen molar-refractivity contribution in [2.45, 2.75) is 6.92 Å². The van der Waals surface area contributed by atoms with Crippen LogP contribution in [0.2, 0.25) is 10.0 Å². The third kappa shape index (κ3) is 4.35. The van der Waals surface area contributed by atoms with Gasteiger partial charge < -0.3 is 14.9 Å². The molecule has 0 unspecified atom stereocenters. The van der Waals surface area contributed by atoms with Crippen molar-refractivity contribution in [1.82, 2.24) is 0 Å². The number of hydrogen-bond donors (Lipinski definition) is 2. The predicted molar refractivity (Wildman–Crippen MR) is 114 cm³/mol. The molecule has 0 saturated heterocycles. The van der Waals surface area contributed by atoms with Crippen molar-refractivity contribution in [2.24, 2.45) is 4.99 Å². The Morgan fingerprint density at radius 2 is 1.82 bits per heavy atom. The standard InChI is InChI=1S/C20H15Cl2NO4S/c1-2-27-20(26)16-18(25)15(10-11-8-13(21)17(24)14(22)9-11)28-19(16)23-12-6-4-3-5-7-12/h3-10,24-25H,2H2,1H3/b15-10-,23-19?. The molecule has 0 bridgehead atoms. The molecule has 0 spiro atoms. The fourth-order valence-corrected chi connectivity index (χ4v) is 3.97. The molecule has 0 aliphatic carbocycles. The Bertz CT molecular complexity index is 993. The maximum absolute atomic E-state index is 12.4. The van der Waals surface area contributed by atoms with Gasteiger partial charge in [-0.05, 0) is 42.8 Å². The number of aliphatic hydroxyl groups excluding tert-OH is 1. The van der Waals surface area contributed by atoms with Gasteiger partial charge in [0.25, 0.3) is 0 Å². The van der Waals surface area contributed by atoms with E-state index in [4.69, 9.17) is 27.9 Å². The quantitative estimate of drug-likeness (QED) is 0.584. The molecule has 0 atom stereocenters. The van der Waals surface area contributed by atoms with E-state index in [1.165, 1.54) is 12.1 Å². The maximum atomic E-state index is 12.4. The highest BCUT2D eigenvalue weighted by atomic mass is 35.5. The summed E-state index contributed by atoms with van der Waals surface area (Å²) in [5.41, 5.74) is 1.18. The van der Waals surface area contributed by atoms with Crippen LogP contribution in [0.5, 0.6) is 5.75 Å². The van der Waals surface area contributed by atoms with Gasteiger partial charge in [0.1, 0.15) is 16.4 Å². The first-order valence-corrected chi connectivity index (χ1v) is 9.80. The highest BCUT2D eigenvalue weighted by Gasteiger charge is 2.33. The number of phenols is 1. The Labute approximate surface area is 176 Å². The molecule has 1 aliphatic heterocycles. The fourth-order valence-electron chi connectivity index (χ4n) is 2.43. The highest BCUT2D eigenvalue weighted by Crippen LogP contribution is 2.41. The number of aromatic hydroxyl groups is 1. The number of benzene rings is 2. The molecule has 1 heterocycles. The summed E-state index contributed by atoms with van der Waals surface area (Å²) < 4.78 is 5.06. The highest BCUT2D eigenvalue weighted by molar-refractivity contribution is 8.18. The van der Waals surface area contributed by atoms with Crippen molar-refractivity contribution in [3.63, 3.8) is 0 Å². The monoisotopic (exact) mass is 435 g/mol. The van der Waals surface area contributed by atoms with Gasteiger partial charge in [-0.1, -0.05) is 53.2 Å². The van der Waals surface area contributed by atoms with E-state index < -0.39 is 5.97 Å². The van der Waals surface area contributed by atoms with E-state index in [1.54, 1.807) is 25.1 Å². The van der Waals surface area contributed by atoms with E-state index in [1.807, 2.05) is 18.2 Å². The molecule has 8 heteroatoms. The Morgan fingerprint density at radius 3 is 2.43 bits per heavy atom. The molecule has 0 fully saturated rings. The van der Waals surface area contributed by atoms with Crippen LogP contribution < -0.4 is 0 Å². The molecule has 2 aromatic carbocycles. The van der Waals surface area contributed by atoms with E-state index in [0.717, 1.165) is 11.8 Å². The zero-order valence-corrected chi connectivity index (χ0v) is 17.0. The van der Waals surface area contributed by atoms with E-state index in [9.17, 15) is 15.0 Å². The van der Waals surface area contributed by atoms with Crippen LogP contribution in [-0.2, 0) is 9.53 Å². The number of thioether (sulfide) groups is 1. The Kier molecular flexibility index (Phi) is 6.34. The number of para-hydroxylation sites is 1. The van der Waals surface area contributed by atoms with Crippen molar-refractivity contribution < 1.29 is 19.7 Å². The van der Waals surface area contributed by atoms with Gasteiger partial charge in [0.2, 0.25) is 0 Å². The van der Waals surface area contributed by atoms with Crippen molar-refractivity contribution in [3.05, 3.63) is 74.3 Å². The molecular weight excluding hydrogens is 421 g/mol. The number of ether oxygens (including phenoxy) is 1. The van der Waals surface area contributed by atoms with Gasteiger partial charge >= 0.3 is 5.97 Å². The number of hydrogen-bond acceptors (Lipinski definition) is 6. The average molecular weight is 436 g/mol. The SMILES string of the molecule is CCOC(=O)C1=C(O)/C(=C/c2cc(Cl)c(O)c(Cl)c2)SC1=Nc1ccccc1. The summed E-state index contributed by atoms with van der Waals surface area (Å²) in [4.78, 5) is 17.2. The maximum Gasteiger partial charge on any atom is 0.344 e. The van der Waals surface area contributed by atoms with Crippen molar-refractivity contribution in [1.29, 1.82) is 0 Å². The second kappa shape index (κ2) is 8.73. The summed E-state index contributed by atoms with van der Waals surface area (Å²) in [5.74, 6) is -1.12. The number of phenolic OH excluding ortho intramolecular Hbond substituents is 1. The number of aliphatic hydroxyl groups is 1. The predicted octanol–water partition coefficient (Wildman–Crippen LogP) is 5.89. The average Bonchev–Trinajstić information content (AvgIpc) is 2.95. The van der Waals surface area contributed by atoms with E-state index in [0.29, 0.717) is 21.2 Å². The summed E-state index contributed by atoms with van der Waals surface area (Å²) in [6.45, 7) is 1.85. The molecule has 1 aliphatic rings. The molecular formula is C20H15Cl2NO4S. The lowest BCUT2D eigenvalue weighted by molar-refractivity contribution is -0.138. The lowest BCUT2D eigenvalue weighted by atomic mass is 10.1. The smallest absolute Gasteiger partial charge is 0.344 e. The van der Waals surface area contributed by atoms with Crippen LogP contribution in [0.15, 0.2) is 63.7 Å². The van der Waals surface area contributed by atoms with E-state index in [2.05, 4.69) is 4.99 Å². The zero-order chi connectivity index (χ0) is 20.3. The largest absolute Gasteiger partial charge is 0.506 e. The molecule has 0 aromatic heterocycles. The van der Waals surface area contributed by atoms with Crippen molar-refractivity contribution >= 4 is 57.7 Å². The van der Waals surface area contributed by atoms with Crippen LogP contribution in [0.1, 0.15) is 12.5 Å². The van der Waals surface area contributed by atoms with Crippen LogP contribution in [-0.4, -0.2) is 27.8 Å². The summed E-state index contributed by atoms with van der Waals surface area (Å²) >= 11 is 13.0. The number of aliphatic imine (C=N–C) groups is 1. The number of nitrogens with zero attached hydrogens (tertiary/aromatic N) is 1. The van der Waals surface area contributed by atoms with Gasteiger partial charge in [-0.2, -0.15) is 0 Å². The molecule has 144 valence electrons. The first-order valence-electron chi connectivity index (χ1n) is 8.23. The summed E-state index contributed by atoms with van der Waals surface area (Å²) in [5, 5.41) is 20.8. The Balaban J connectivity index is 2.06. The lowest BCUT2D eigenvalue weighted by Crippen LogP contribution is -2.12. The number of halogens is 2. The Morgan fingerprint density at radius 1 is 1.18 bits per heavy atom. The van der Waals surface area contributed by atoms with Gasteiger partial charge in [-0.15, -0.1) is 0 Å². The zero-order valence-electron chi connectivity index (χ0n) is 14.6. The van der Waals surface area contributed by atoms with Crippen LogP contribution in [0, 0.1) is 0 Å². The second-order valence-corrected chi connectivity index (χ2v) is 7.49. The molecule has 5 nitrogen and oxygen atoms in total. The molecule has 3 rings (SSSR count). The van der Waals surface area contributed by atoms with E-state index >= 15 is 0 Å². The Hall–Kier alpha value is -2.41.